The van der Waals surface area contributed by atoms with E-state index in [9.17, 15) is 0 Å². The topological polar surface area (TPSA) is 51.0 Å². The molecular weight excluding hydrogens is 236 g/mol. The summed E-state index contributed by atoms with van der Waals surface area (Å²) in [5.74, 6) is 2.97. The molecule has 100 valence electrons. The fraction of sp³-hybridized carbons (Fsp3) is 0.500. The van der Waals surface area contributed by atoms with Gasteiger partial charge in [-0.1, -0.05) is 0 Å². The Labute approximate surface area is 113 Å². The number of methoxy groups -OCH3 is 1. The Morgan fingerprint density at radius 3 is 2.84 bits per heavy atom. The molecule has 0 unspecified atom stereocenters. The van der Waals surface area contributed by atoms with Crippen LogP contribution in [0.2, 0.25) is 0 Å². The first-order valence-electron chi connectivity index (χ1n) is 7.18. The van der Waals surface area contributed by atoms with Crippen LogP contribution in [0.15, 0.2) is 24.4 Å². The first kappa shape index (κ1) is 11.4. The van der Waals surface area contributed by atoms with Crippen LogP contribution in [-0.2, 0) is 0 Å². The van der Waals surface area contributed by atoms with Gasteiger partial charge in [-0.05, 0) is 54.9 Å². The third-order valence-electron chi connectivity index (χ3n) is 5.26. The second-order valence-electron chi connectivity index (χ2n) is 6.09. The average molecular weight is 256 g/mol. The molecule has 1 aromatic heterocycles. The predicted octanol–water partition coefficient (Wildman–Crippen LogP) is 3.02. The number of aromatic nitrogens is 1. The van der Waals surface area contributed by atoms with Crippen molar-refractivity contribution in [3.05, 3.63) is 30.0 Å². The van der Waals surface area contributed by atoms with Gasteiger partial charge in [0.2, 0.25) is 0 Å². The second-order valence-corrected chi connectivity index (χ2v) is 6.09. The van der Waals surface area contributed by atoms with Gasteiger partial charge < -0.3 is 15.5 Å². The predicted molar refractivity (Wildman–Crippen MR) is 76.4 cm³/mol. The van der Waals surface area contributed by atoms with Crippen LogP contribution in [0.3, 0.4) is 0 Å². The zero-order valence-electron chi connectivity index (χ0n) is 11.2. The zero-order chi connectivity index (χ0) is 13.0. The fourth-order valence-corrected chi connectivity index (χ4v) is 4.32. The van der Waals surface area contributed by atoms with Gasteiger partial charge in [0.05, 0.1) is 7.11 Å². The molecular formula is C16H20N2O. The molecule has 2 fully saturated rings. The highest BCUT2D eigenvalue weighted by Crippen LogP contribution is 2.53. The van der Waals surface area contributed by atoms with Gasteiger partial charge in [-0.15, -0.1) is 0 Å². The van der Waals surface area contributed by atoms with Crippen LogP contribution in [0.1, 0.15) is 30.7 Å². The molecule has 1 aromatic carbocycles. The van der Waals surface area contributed by atoms with Crippen molar-refractivity contribution in [2.75, 3.05) is 7.11 Å². The summed E-state index contributed by atoms with van der Waals surface area (Å²) in [7, 11) is 1.72. The van der Waals surface area contributed by atoms with Crippen LogP contribution in [0, 0.1) is 11.8 Å². The first-order valence-corrected chi connectivity index (χ1v) is 7.18. The zero-order valence-corrected chi connectivity index (χ0v) is 11.2. The summed E-state index contributed by atoms with van der Waals surface area (Å²) in [6.45, 7) is 0. The molecule has 1 heterocycles. The number of hydrogen-bond donors (Lipinski definition) is 2. The van der Waals surface area contributed by atoms with Gasteiger partial charge in [-0.2, -0.15) is 0 Å². The number of nitrogens with one attached hydrogen (secondary N) is 1. The minimum Gasteiger partial charge on any atom is -0.497 e. The van der Waals surface area contributed by atoms with E-state index in [4.69, 9.17) is 10.5 Å². The summed E-state index contributed by atoms with van der Waals surface area (Å²) in [6, 6.07) is 6.57. The van der Waals surface area contributed by atoms with E-state index in [1.807, 2.05) is 6.07 Å². The summed E-state index contributed by atoms with van der Waals surface area (Å²) < 4.78 is 5.35. The maximum atomic E-state index is 6.47. The normalized spacial score (nSPS) is 33.2. The lowest BCUT2D eigenvalue weighted by Crippen LogP contribution is -2.33. The van der Waals surface area contributed by atoms with Crippen molar-refractivity contribution in [1.29, 1.82) is 0 Å². The maximum absolute atomic E-state index is 6.47. The van der Waals surface area contributed by atoms with Crippen LogP contribution in [0.25, 0.3) is 10.9 Å². The highest BCUT2D eigenvalue weighted by atomic mass is 16.5. The monoisotopic (exact) mass is 256 g/mol. The van der Waals surface area contributed by atoms with Gasteiger partial charge in [0.25, 0.3) is 0 Å². The van der Waals surface area contributed by atoms with Crippen molar-refractivity contribution >= 4 is 10.9 Å². The molecule has 2 saturated carbocycles. The average Bonchev–Trinajstić information content (AvgIpc) is 3.12. The number of ether oxygens (including phenoxy) is 1. The molecule has 0 radical (unpaired) electrons. The van der Waals surface area contributed by atoms with E-state index in [0.717, 1.165) is 17.6 Å². The fourth-order valence-electron chi connectivity index (χ4n) is 4.32. The summed E-state index contributed by atoms with van der Waals surface area (Å²) >= 11 is 0. The Balaban J connectivity index is 1.82. The molecule has 4 rings (SSSR count). The lowest BCUT2D eigenvalue weighted by Gasteiger charge is -2.28. The highest BCUT2D eigenvalue weighted by Gasteiger charge is 2.46. The Hall–Kier alpha value is -1.48. The number of H-pyrrole nitrogens is 1. The molecule has 2 aromatic rings. The largest absolute Gasteiger partial charge is 0.497 e. The molecule has 0 saturated heterocycles. The molecule has 2 aliphatic rings. The molecule has 19 heavy (non-hydrogen) atoms. The van der Waals surface area contributed by atoms with Crippen molar-refractivity contribution in [3.63, 3.8) is 0 Å². The number of fused-ring (bicyclic) bond motifs is 3. The van der Waals surface area contributed by atoms with Crippen LogP contribution >= 0.6 is 0 Å². The smallest absolute Gasteiger partial charge is 0.119 e. The number of benzene rings is 1. The van der Waals surface area contributed by atoms with Crippen LogP contribution in [0.4, 0.5) is 0 Å². The lowest BCUT2D eigenvalue weighted by molar-refractivity contribution is 0.367. The van der Waals surface area contributed by atoms with Crippen LogP contribution in [-0.4, -0.2) is 18.1 Å². The molecule has 0 amide bonds. The standard InChI is InChI=1S/C16H20N2O/c1-19-11-4-5-14-12(7-11)13(8-18-14)15-9-2-3-10(6-9)16(15)17/h4-5,7-10,15-16,18H,2-3,6,17H2,1H3/t9-,10+,15-,16+/m1/s1. The van der Waals surface area contributed by atoms with Crippen molar-refractivity contribution in [2.24, 2.45) is 17.6 Å². The SMILES string of the molecule is COc1ccc2[nH]cc([C@H]3[C@@H]4CC[C@@H](C4)[C@@H]3N)c2c1. The van der Waals surface area contributed by atoms with E-state index in [1.54, 1.807) is 7.11 Å². The molecule has 0 spiro atoms. The van der Waals surface area contributed by atoms with Gasteiger partial charge in [0, 0.05) is 29.1 Å². The molecule has 2 aliphatic carbocycles. The van der Waals surface area contributed by atoms with Gasteiger partial charge in [-0.25, -0.2) is 0 Å². The lowest BCUT2D eigenvalue weighted by atomic mass is 9.80. The number of aromatic amines is 1. The van der Waals surface area contributed by atoms with Gasteiger partial charge in [-0.3, -0.25) is 0 Å². The molecule has 3 N–H and O–H groups in total. The quantitative estimate of drug-likeness (QED) is 0.867. The van der Waals surface area contributed by atoms with Crippen molar-refractivity contribution in [3.8, 4) is 5.75 Å². The van der Waals surface area contributed by atoms with Crippen LogP contribution in [0.5, 0.6) is 5.75 Å². The molecule has 0 aliphatic heterocycles. The second kappa shape index (κ2) is 4.01. The van der Waals surface area contributed by atoms with Crippen molar-refractivity contribution in [2.45, 2.75) is 31.2 Å². The van der Waals surface area contributed by atoms with E-state index < -0.39 is 0 Å². The minimum absolute atomic E-state index is 0.337. The Morgan fingerprint density at radius 1 is 1.26 bits per heavy atom. The third kappa shape index (κ3) is 1.54. The Morgan fingerprint density at radius 2 is 2.11 bits per heavy atom. The van der Waals surface area contributed by atoms with Crippen LogP contribution < -0.4 is 10.5 Å². The minimum atomic E-state index is 0.337. The van der Waals surface area contributed by atoms with Gasteiger partial charge in [0.15, 0.2) is 0 Å². The molecule has 3 heteroatoms. The van der Waals surface area contributed by atoms with Crippen molar-refractivity contribution in [1.82, 2.24) is 4.98 Å². The Kier molecular flexibility index (Phi) is 2.39. The van der Waals surface area contributed by atoms with E-state index in [-0.39, 0.29) is 0 Å². The highest BCUT2D eigenvalue weighted by molar-refractivity contribution is 5.85. The number of hydrogen-bond acceptors (Lipinski definition) is 2. The van der Waals surface area contributed by atoms with E-state index in [0.29, 0.717) is 12.0 Å². The maximum Gasteiger partial charge on any atom is 0.119 e. The van der Waals surface area contributed by atoms with Crippen molar-refractivity contribution < 1.29 is 4.74 Å². The van der Waals surface area contributed by atoms with E-state index in [1.165, 1.54) is 35.7 Å². The number of rotatable bonds is 2. The summed E-state index contributed by atoms with van der Waals surface area (Å²) in [6.07, 6.45) is 6.16. The number of nitrogens with two attached hydrogens (primary N) is 1. The van der Waals surface area contributed by atoms with Gasteiger partial charge >= 0.3 is 0 Å². The van der Waals surface area contributed by atoms with E-state index >= 15 is 0 Å². The molecule has 3 nitrogen and oxygen atoms in total. The Bertz CT molecular complexity index is 616. The van der Waals surface area contributed by atoms with E-state index in [2.05, 4.69) is 23.3 Å². The summed E-state index contributed by atoms with van der Waals surface area (Å²) in [4.78, 5) is 3.39. The molecule has 2 bridgehead atoms. The molecule has 4 atom stereocenters. The third-order valence-corrected chi connectivity index (χ3v) is 5.26. The summed E-state index contributed by atoms with van der Waals surface area (Å²) in [5, 5.41) is 1.28. The van der Waals surface area contributed by atoms with Gasteiger partial charge in [0.1, 0.15) is 5.75 Å². The summed E-state index contributed by atoms with van der Waals surface area (Å²) in [5.41, 5.74) is 9.05. The first-order chi connectivity index (χ1) is 9.28.